The van der Waals surface area contributed by atoms with Gasteiger partial charge in [-0.15, -0.1) is 0 Å². The van der Waals surface area contributed by atoms with E-state index in [4.69, 9.17) is 10.00 Å². The van der Waals surface area contributed by atoms with Crippen LogP contribution in [0.3, 0.4) is 0 Å². The zero-order valence-electron chi connectivity index (χ0n) is 13.8. The van der Waals surface area contributed by atoms with E-state index in [1.165, 1.54) is 12.1 Å². The highest BCUT2D eigenvalue weighted by molar-refractivity contribution is 9.10. The molecule has 0 unspecified atom stereocenters. The Hall–Kier alpha value is -3.12. The molecule has 0 aliphatic carbocycles. The van der Waals surface area contributed by atoms with E-state index < -0.39 is 34.5 Å². The number of nitriles is 1. The number of ether oxygens (including phenoxy) is 1. The van der Waals surface area contributed by atoms with Crippen molar-refractivity contribution in [2.45, 2.75) is 6.61 Å². The van der Waals surface area contributed by atoms with E-state index >= 15 is 0 Å². The number of pyridine rings is 1. The molecule has 2 aromatic carbocycles. The molecule has 3 aromatic rings. The van der Waals surface area contributed by atoms with Gasteiger partial charge in [0.15, 0.2) is 11.6 Å². The predicted octanol–water partition coefficient (Wildman–Crippen LogP) is 4.61. The fourth-order valence-electron chi connectivity index (χ4n) is 2.44. The largest absolute Gasteiger partial charge is 0.487 e. The molecule has 0 N–H and O–H groups in total. The smallest absolute Gasteiger partial charge is 0.273 e. The average Bonchev–Trinajstić information content (AvgIpc) is 2.65. The summed E-state index contributed by atoms with van der Waals surface area (Å²) < 4.78 is 60.9. The normalized spacial score (nSPS) is 10.6. The Morgan fingerprint density at radius 3 is 2.32 bits per heavy atom. The van der Waals surface area contributed by atoms with Gasteiger partial charge in [0.05, 0.1) is 11.6 Å². The van der Waals surface area contributed by atoms with Crippen molar-refractivity contribution in [3.05, 3.63) is 91.8 Å². The molecule has 142 valence electrons. The highest BCUT2D eigenvalue weighted by Gasteiger charge is 2.18. The molecule has 0 saturated carbocycles. The van der Waals surface area contributed by atoms with Crippen LogP contribution >= 0.6 is 15.9 Å². The topological polar surface area (TPSA) is 55.0 Å². The van der Waals surface area contributed by atoms with Gasteiger partial charge in [0, 0.05) is 17.8 Å². The molecule has 0 bridgehead atoms. The predicted molar refractivity (Wildman–Crippen MR) is 95.1 cm³/mol. The molecule has 0 atom stereocenters. The maximum Gasteiger partial charge on any atom is 0.273 e. The average molecular weight is 453 g/mol. The first kappa shape index (κ1) is 19.6. The minimum atomic E-state index is -1.09. The second-order valence-corrected chi connectivity index (χ2v) is 6.39. The molecular formula is C19H9BrF4N2O2. The first-order chi connectivity index (χ1) is 13.3. The zero-order valence-corrected chi connectivity index (χ0v) is 15.4. The number of aromatic nitrogens is 1. The van der Waals surface area contributed by atoms with Gasteiger partial charge >= 0.3 is 0 Å². The number of rotatable bonds is 4. The lowest BCUT2D eigenvalue weighted by Gasteiger charge is -2.13. The maximum atomic E-state index is 14.2. The zero-order chi connectivity index (χ0) is 20.4. The third-order valence-electron chi connectivity index (χ3n) is 3.78. The van der Waals surface area contributed by atoms with Crippen LogP contribution in [0.15, 0.2) is 51.9 Å². The van der Waals surface area contributed by atoms with Crippen LogP contribution in [-0.2, 0) is 6.61 Å². The molecule has 0 spiro atoms. The fraction of sp³-hybridized carbons (Fsp3) is 0.0526. The summed E-state index contributed by atoms with van der Waals surface area (Å²) in [6.45, 7) is -0.298. The van der Waals surface area contributed by atoms with Crippen molar-refractivity contribution < 1.29 is 22.3 Å². The summed E-state index contributed by atoms with van der Waals surface area (Å²) in [7, 11) is 0. The van der Waals surface area contributed by atoms with Gasteiger partial charge in [-0.25, -0.2) is 17.6 Å². The van der Waals surface area contributed by atoms with Gasteiger partial charge in [0.2, 0.25) is 0 Å². The highest BCUT2D eigenvalue weighted by Crippen LogP contribution is 2.25. The molecule has 4 nitrogen and oxygen atoms in total. The van der Waals surface area contributed by atoms with Crippen molar-refractivity contribution >= 4 is 15.9 Å². The second kappa shape index (κ2) is 7.86. The minimum absolute atomic E-state index is 0.000522. The number of halogens is 5. The standard InChI is InChI=1S/C19H9BrF4N2O2/c20-17-16(28-9-11-1-2-12(21)7-13(11)22)3-4-26(19(17)27)18-14(23)5-10(8-25)6-15(18)24/h1-7H,9H2. The Balaban J connectivity index is 1.94. The molecule has 9 heteroatoms. The van der Waals surface area contributed by atoms with Crippen molar-refractivity contribution in [2.75, 3.05) is 0 Å². The Morgan fingerprint density at radius 2 is 1.71 bits per heavy atom. The Bertz CT molecular complexity index is 1150. The van der Waals surface area contributed by atoms with Gasteiger partial charge in [-0.1, -0.05) is 0 Å². The molecule has 0 amide bonds. The van der Waals surface area contributed by atoms with Crippen LogP contribution < -0.4 is 10.3 Å². The van der Waals surface area contributed by atoms with E-state index in [0.717, 1.165) is 24.4 Å². The summed E-state index contributed by atoms with van der Waals surface area (Å²) in [4.78, 5) is 12.5. The van der Waals surface area contributed by atoms with Crippen molar-refractivity contribution in [1.29, 1.82) is 5.26 Å². The van der Waals surface area contributed by atoms with E-state index in [1.807, 2.05) is 0 Å². The van der Waals surface area contributed by atoms with Crippen LogP contribution in [0.25, 0.3) is 5.69 Å². The van der Waals surface area contributed by atoms with Crippen LogP contribution in [-0.4, -0.2) is 4.57 Å². The molecule has 0 saturated heterocycles. The maximum absolute atomic E-state index is 14.2. The number of hydrogen-bond acceptors (Lipinski definition) is 3. The van der Waals surface area contributed by atoms with Gasteiger partial charge in [-0.05, 0) is 46.3 Å². The minimum Gasteiger partial charge on any atom is -0.487 e. The number of benzene rings is 2. The van der Waals surface area contributed by atoms with Crippen LogP contribution in [0.2, 0.25) is 0 Å². The summed E-state index contributed by atoms with van der Waals surface area (Å²) in [6.07, 6.45) is 1.08. The lowest BCUT2D eigenvalue weighted by atomic mass is 10.2. The number of hydrogen-bond donors (Lipinski definition) is 0. The summed E-state index contributed by atoms with van der Waals surface area (Å²) in [6, 6.07) is 7.43. The van der Waals surface area contributed by atoms with Gasteiger partial charge < -0.3 is 4.74 Å². The first-order valence-corrected chi connectivity index (χ1v) is 8.48. The first-order valence-electron chi connectivity index (χ1n) is 7.69. The quantitative estimate of drug-likeness (QED) is 0.543. The Morgan fingerprint density at radius 1 is 1.04 bits per heavy atom. The second-order valence-electron chi connectivity index (χ2n) is 5.59. The van der Waals surface area contributed by atoms with Gasteiger partial charge in [0.1, 0.15) is 34.2 Å². The van der Waals surface area contributed by atoms with Crippen molar-refractivity contribution in [1.82, 2.24) is 4.57 Å². The van der Waals surface area contributed by atoms with Crippen molar-refractivity contribution in [3.63, 3.8) is 0 Å². The van der Waals surface area contributed by atoms with Crippen LogP contribution in [0.5, 0.6) is 5.75 Å². The molecule has 0 fully saturated rings. The molecule has 3 rings (SSSR count). The third kappa shape index (κ3) is 3.77. The van der Waals surface area contributed by atoms with Gasteiger partial charge in [-0.3, -0.25) is 9.36 Å². The van der Waals surface area contributed by atoms with Gasteiger partial charge in [-0.2, -0.15) is 5.26 Å². The van der Waals surface area contributed by atoms with E-state index in [2.05, 4.69) is 15.9 Å². The summed E-state index contributed by atoms with van der Waals surface area (Å²) in [5.41, 5.74) is -1.66. The highest BCUT2D eigenvalue weighted by atomic mass is 79.9. The van der Waals surface area contributed by atoms with Crippen LogP contribution in [0, 0.1) is 34.6 Å². The summed E-state index contributed by atoms with van der Waals surface area (Å²) in [5, 5.41) is 8.75. The monoisotopic (exact) mass is 452 g/mol. The van der Waals surface area contributed by atoms with Crippen molar-refractivity contribution in [2.24, 2.45) is 0 Å². The fourth-order valence-corrected chi connectivity index (χ4v) is 2.87. The van der Waals surface area contributed by atoms with Crippen molar-refractivity contribution in [3.8, 4) is 17.5 Å². The van der Waals surface area contributed by atoms with Crippen LogP contribution in [0.4, 0.5) is 17.6 Å². The lowest BCUT2D eigenvalue weighted by molar-refractivity contribution is 0.296. The molecular weight excluding hydrogens is 444 g/mol. The Kier molecular flexibility index (Phi) is 5.51. The number of nitrogens with zero attached hydrogens (tertiary/aromatic N) is 2. The molecule has 28 heavy (non-hydrogen) atoms. The molecule has 0 radical (unpaired) electrons. The molecule has 1 aromatic heterocycles. The Labute approximate surface area is 164 Å². The molecule has 0 aliphatic rings. The summed E-state index contributed by atoms with van der Waals surface area (Å²) in [5.74, 6) is -3.73. The molecule has 1 heterocycles. The summed E-state index contributed by atoms with van der Waals surface area (Å²) >= 11 is 3.00. The SMILES string of the molecule is N#Cc1cc(F)c(-n2ccc(OCc3ccc(F)cc3F)c(Br)c2=O)c(F)c1. The van der Waals surface area contributed by atoms with E-state index in [0.29, 0.717) is 10.6 Å². The van der Waals surface area contributed by atoms with Crippen LogP contribution in [0.1, 0.15) is 11.1 Å². The third-order valence-corrected chi connectivity index (χ3v) is 4.51. The van der Waals surface area contributed by atoms with Gasteiger partial charge in [0.25, 0.3) is 5.56 Å². The van der Waals surface area contributed by atoms with E-state index in [1.54, 1.807) is 6.07 Å². The van der Waals surface area contributed by atoms with E-state index in [9.17, 15) is 22.4 Å². The molecule has 0 aliphatic heterocycles. The van der Waals surface area contributed by atoms with E-state index in [-0.39, 0.29) is 28.0 Å². The lowest BCUT2D eigenvalue weighted by Crippen LogP contribution is -2.21.